The normalized spacial score (nSPS) is 13.7. The molecule has 0 saturated carbocycles. The maximum Gasteiger partial charge on any atom is 0.256 e. The summed E-state index contributed by atoms with van der Waals surface area (Å²) >= 11 is 0. The molecule has 3 heteroatoms. The molecule has 0 aromatic heterocycles. The number of aryl methyl sites for hydroxylation is 6. The van der Waals surface area contributed by atoms with E-state index in [1.807, 2.05) is 16.7 Å². The maximum absolute atomic E-state index is 4.69. The highest BCUT2D eigenvalue weighted by molar-refractivity contribution is 5.89. The van der Waals surface area contributed by atoms with Crippen LogP contribution in [0.2, 0.25) is 0 Å². The van der Waals surface area contributed by atoms with Crippen LogP contribution in [-0.4, -0.2) is 22.6 Å². The Hall–Kier alpha value is -2.51. The van der Waals surface area contributed by atoms with Crippen LogP contribution in [0.4, 0.5) is 5.69 Å². The predicted molar refractivity (Wildman–Crippen MR) is 99.5 cm³/mol. The summed E-state index contributed by atoms with van der Waals surface area (Å²) in [5, 5.41) is 1.92. The van der Waals surface area contributed by atoms with Crippen molar-refractivity contribution in [2.75, 3.05) is 7.05 Å². The van der Waals surface area contributed by atoms with Crippen molar-refractivity contribution in [1.82, 2.24) is 10.5 Å². The Morgan fingerprint density at radius 1 is 0.792 bits per heavy atom. The summed E-state index contributed by atoms with van der Waals surface area (Å²) in [7, 11) is 1.99. The molecule has 0 fully saturated rings. The number of rotatable bonds is 2. The Kier molecular flexibility index (Phi) is 3.98. The van der Waals surface area contributed by atoms with Crippen LogP contribution in [0.15, 0.2) is 24.3 Å². The van der Waals surface area contributed by atoms with Gasteiger partial charge in [0.1, 0.15) is 5.53 Å². The van der Waals surface area contributed by atoms with Gasteiger partial charge in [0, 0.05) is 28.4 Å². The Bertz CT molecular complexity index is 853. The van der Waals surface area contributed by atoms with Crippen LogP contribution in [0.5, 0.6) is 0 Å². The summed E-state index contributed by atoms with van der Waals surface area (Å²) in [6.45, 7) is 12.8. The fourth-order valence-electron chi connectivity index (χ4n) is 3.75. The molecule has 0 N–H and O–H groups in total. The first-order chi connectivity index (χ1) is 11.3. The maximum atomic E-state index is 4.69. The molecule has 0 saturated heterocycles. The Morgan fingerprint density at radius 3 is 1.75 bits per heavy atom. The van der Waals surface area contributed by atoms with Crippen LogP contribution in [0.3, 0.4) is 0 Å². The van der Waals surface area contributed by atoms with Crippen LogP contribution in [-0.2, 0) is 0 Å². The summed E-state index contributed by atoms with van der Waals surface area (Å²) < 4.78 is 1.89. The lowest BCUT2D eigenvalue weighted by atomic mass is 9.97. The number of hydrogen-bond donors (Lipinski definition) is 0. The Labute approximate surface area is 144 Å². The van der Waals surface area contributed by atoms with Crippen molar-refractivity contribution >= 4 is 17.3 Å². The lowest BCUT2D eigenvalue weighted by Crippen LogP contribution is -2.27. The molecular weight excluding hydrogens is 294 g/mol. The predicted octanol–water partition coefficient (Wildman–Crippen LogP) is 4.27. The van der Waals surface area contributed by atoms with E-state index in [9.17, 15) is 0 Å². The van der Waals surface area contributed by atoms with Crippen molar-refractivity contribution in [3.05, 3.63) is 63.2 Å². The lowest BCUT2D eigenvalue weighted by molar-refractivity contribution is -0.530. The molecule has 123 valence electrons. The zero-order chi connectivity index (χ0) is 17.6. The van der Waals surface area contributed by atoms with E-state index in [0.717, 1.165) is 11.4 Å². The molecule has 0 bridgehead atoms. The van der Waals surface area contributed by atoms with E-state index in [0.29, 0.717) is 0 Å². The topological polar surface area (TPSA) is 20.4 Å². The third-order valence-electron chi connectivity index (χ3n) is 4.52. The van der Waals surface area contributed by atoms with Gasteiger partial charge in [-0.1, -0.05) is 23.3 Å². The summed E-state index contributed by atoms with van der Waals surface area (Å²) in [6.07, 6.45) is 0. The second-order valence-corrected chi connectivity index (χ2v) is 6.91. The third kappa shape index (κ3) is 2.72. The minimum atomic E-state index is 1.02. The van der Waals surface area contributed by atoms with Gasteiger partial charge in [0.2, 0.25) is 5.87 Å². The van der Waals surface area contributed by atoms with Crippen LogP contribution in [0.1, 0.15) is 38.9 Å². The van der Waals surface area contributed by atoms with Crippen LogP contribution in [0.25, 0.3) is 5.70 Å². The van der Waals surface area contributed by atoms with Gasteiger partial charge in [-0.3, -0.25) is 0 Å². The van der Waals surface area contributed by atoms with E-state index < -0.39 is 0 Å². The van der Waals surface area contributed by atoms with Crippen LogP contribution in [0, 0.1) is 41.5 Å². The average molecular weight is 319 g/mol. The van der Waals surface area contributed by atoms with E-state index in [1.165, 1.54) is 38.9 Å². The van der Waals surface area contributed by atoms with Gasteiger partial charge in [-0.05, 0) is 64.8 Å². The minimum Gasteiger partial charge on any atom is -0.198 e. The number of benzene rings is 2. The first-order valence-corrected chi connectivity index (χ1v) is 8.33. The zero-order valence-corrected chi connectivity index (χ0v) is 15.7. The van der Waals surface area contributed by atoms with Gasteiger partial charge in [0.05, 0.1) is 0 Å². The molecule has 3 nitrogen and oxygen atoms in total. The lowest BCUT2D eigenvalue weighted by Gasteiger charge is -2.14. The van der Waals surface area contributed by atoms with E-state index in [-0.39, 0.29) is 0 Å². The molecule has 1 heterocycles. The SMILES string of the molecule is Cc1cc(C)c(C2=C=[N+](c3c(C)cc(C)cc3C)[N]N2C)c(C)c1. The minimum absolute atomic E-state index is 1.02. The largest absolute Gasteiger partial charge is 0.256 e. The second-order valence-electron chi connectivity index (χ2n) is 6.91. The van der Waals surface area contributed by atoms with E-state index >= 15 is 0 Å². The van der Waals surface area contributed by atoms with Gasteiger partial charge in [-0.2, -0.15) is 5.01 Å². The molecule has 0 spiro atoms. The molecule has 1 aliphatic heterocycles. The summed E-state index contributed by atoms with van der Waals surface area (Å²) in [6, 6.07) is 8.82. The molecule has 0 aliphatic carbocycles. The van der Waals surface area contributed by atoms with Crippen LogP contribution >= 0.6 is 0 Å². The van der Waals surface area contributed by atoms with E-state index in [4.69, 9.17) is 5.53 Å². The zero-order valence-electron chi connectivity index (χ0n) is 15.7. The molecule has 2 aromatic rings. The van der Waals surface area contributed by atoms with Gasteiger partial charge < -0.3 is 0 Å². The highest BCUT2D eigenvalue weighted by Gasteiger charge is 2.31. The highest BCUT2D eigenvalue weighted by Crippen LogP contribution is 2.29. The summed E-state index contributed by atoms with van der Waals surface area (Å²) in [4.78, 5) is 0. The molecule has 3 rings (SSSR count). The Morgan fingerprint density at radius 2 is 1.25 bits per heavy atom. The third-order valence-corrected chi connectivity index (χ3v) is 4.52. The van der Waals surface area contributed by atoms with Crippen LogP contribution < -0.4 is 5.53 Å². The number of nitrogens with zero attached hydrogens (tertiary/aromatic N) is 3. The van der Waals surface area contributed by atoms with E-state index in [2.05, 4.69) is 71.7 Å². The average Bonchev–Trinajstić information content (AvgIpc) is 2.78. The van der Waals surface area contributed by atoms with Gasteiger partial charge in [0.15, 0.2) is 5.70 Å². The fourth-order valence-corrected chi connectivity index (χ4v) is 3.75. The standard InChI is InChI=1S/C21H25N3/c1-13-8-15(3)20(16(4)9-13)19-12-24(22-23(19)7)21-17(5)10-14(2)11-18(21)6/h8-11H,1-7H3/q+1. The monoisotopic (exact) mass is 319 g/mol. The van der Waals surface area contributed by atoms with Crippen molar-refractivity contribution in [3.8, 4) is 0 Å². The molecule has 0 amide bonds. The first kappa shape index (κ1) is 16.4. The molecule has 0 atom stereocenters. The quantitative estimate of drug-likeness (QED) is 0.757. The van der Waals surface area contributed by atoms with Crippen molar-refractivity contribution in [2.24, 2.45) is 0 Å². The highest BCUT2D eigenvalue weighted by atomic mass is 15.7. The summed E-state index contributed by atoms with van der Waals surface area (Å²) in [5.41, 5.74) is 15.6. The molecule has 2 aromatic carbocycles. The van der Waals surface area contributed by atoms with Crippen molar-refractivity contribution in [3.63, 3.8) is 0 Å². The first-order valence-electron chi connectivity index (χ1n) is 8.33. The van der Waals surface area contributed by atoms with Gasteiger partial charge >= 0.3 is 0 Å². The van der Waals surface area contributed by atoms with Crippen molar-refractivity contribution in [1.29, 1.82) is 0 Å². The number of hydrogen-bond acceptors (Lipinski definition) is 1. The molecule has 0 unspecified atom stereocenters. The fraction of sp³-hybridized carbons (Fsp3) is 0.333. The summed E-state index contributed by atoms with van der Waals surface area (Å²) in [5.74, 6) is 3.48. The van der Waals surface area contributed by atoms with Gasteiger partial charge in [-0.15, -0.1) is 0 Å². The molecular formula is C21H25N3+. The van der Waals surface area contributed by atoms with E-state index in [1.54, 1.807) is 0 Å². The van der Waals surface area contributed by atoms with Gasteiger partial charge in [0.25, 0.3) is 5.69 Å². The van der Waals surface area contributed by atoms with Gasteiger partial charge in [-0.25, -0.2) is 0 Å². The van der Waals surface area contributed by atoms with Crippen molar-refractivity contribution < 1.29 is 4.68 Å². The Balaban J connectivity index is 2.22. The smallest absolute Gasteiger partial charge is 0.198 e. The molecule has 1 aliphatic rings. The molecule has 1 radical (unpaired) electrons. The second kappa shape index (κ2) is 5.85. The molecule has 24 heavy (non-hydrogen) atoms. The van der Waals surface area contributed by atoms with Crippen molar-refractivity contribution in [2.45, 2.75) is 41.5 Å².